The molecule has 0 fully saturated rings. The molecule has 0 saturated carbocycles. The number of benzene rings is 1. The SMILES string of the molecule is Cc1ccc(C(CCl)Cc2ccoc2)cc1. The third-order valence-electron chi connectivity index (χ3n) is 2.80. The van der Waals surface area contributed by atoms with Crippen LogP contribution in [0.3, 0.4) is 0 Å². The molecule has 0 amide bonds. The van der Waals surface area contributed by atoms with Crippen molar-refractivity contribution in [3.8, 4) is 0 Å². The van der Waals surface area contributed by atoms with Gasteiger partial charge in [0.15, 0.2) is 0 Å². The average Bonchev–Trinajstić information content (AvgIpc) is 2.80. The van der Waals surface area contributed by atoms with Gasteiger partial charge >= 0.3 is 0 Å². The molecule has 1 atom stereocenters. The lowest BCUT2D eigenvalue weighted by Crippen LogP contribution is -2.04. The first-order chi connectivity index (χ1) is 7.79. The highest BCUT2D eigenvalue weighted by Crippen LogP contribution is 2.23. The van der Waals surface area contributed by atoms with Gasteiger partial charge in [-0.05, 0) is 30.5 Å². The number of furan rings is 1. The lowest BCUT2D eigenvalue weighted by Gasteiger charge is -2.13. The molecule has 1 nitrogen and oxygen atoms in total. The van der Waals surface area contributed by atoms with Crippen molar-refractivity contribution in [2.45, 2.75) is 19.3 Å². The molecule has 0 N–H and O–H groups in total. The minimum atomic E-state index is 0.361. The maximum Gasteiger partial charge on any atom is 0.0934 e. The monoisotopic (exact) mass is 234 g/mol. The molecular formula is C14H15ClO. The summed E-state index contributed by atoms with van der Waals surface area (Å²) in [5.41, 5.74) is 3.77. The minimum Gasteiger partial charge on any atom is -0.472 e. The van der Waals surface area contributed by atoms with E-state index in [0.717, 1.165) is 6.42 Å². The van der Waals surface area contributed by atoms with Crippen LogP contribution in [0.1, 0.15) is 22.6 Å². The van der Waals surface area contributed by atoms with E-state index in [0.29, 0.717) is 11.8 Å². The lowest BCUT2D eigenvalue weighted by atomic mass is 9.94. The van der Waals surface area contributed by atoms with Gasteiger partial charge in [0.2, 0.25) is 0 Å². The van der Waals surface area contributed by atoms with E-state index in [1.807, 2.05) is 6.07 Å². The molecule has 0 aliphatic carbocycles. The van der Waals surface area contributed by atoms with Gasteiger partial charge in [0.05, 0.1) is 12.5 Å². The van der Waals surface area contributed by atoms with Crippen LogP contribution in [0.25, 0.3) is 0 Å². The van der Waals surface area contributed by atoms with Crippen LogP contribution in [0.5, 0.6) is 0 Å². The highest BCUT2D eigenvalue weighted by Gasteiger charge is 2.11. The Morgan fingerprint density at radius 2 is 1.94 bits per heavy atom. The van der Waals surface area contributed by atoms with Gasteiger partial charge in [-0.15, -0.1) is 11.6 Å². The molecule has 0 aliphatic heterocycles. The molecule has 0 spiro atoms. The van der Waals surface area contributed by atoms with Crippen LogP contribution in [0.15, 0.2) is 47.3 Å². The van der Waals surface area contributed by atoms with Gasteiger partial charge < -0.3 is 4.42 Å². The third kappa shape index (κ3) is 2.67. The maximum atomic E-state index is 6.03. The summed E-state index contributed by atoms with van der Waals surface area (Å²) in [6.07, 6.45) is 4.42. The Balaban J connectivity index is 2.13. The van der Waals surface area contributed by atoms with Crippen molar-refractivity contribution in [3.05, 3.63) is 59.5 Å². The van der Waals surface area contributed by atoms with Crippen LogP contribution in [0.4, 0.5) is 0 Å². The van der Waals surface area contributed by atoms with Crippen LogP contribution in [0.2, 0.25) is 0 Å². The molecule has 16 heavy (non-hydrogen) atoms. The smallest absolute Gasteiger partial charge is 0.0934 e. The third-order valence-corrected chi connectivity index (χ3v) is 3.17. The summed E-state index contributed by atoms with van der Waals surface area (Å²) in [5, 5.41) is 0. The minimum absolute atomic E-state index is 0.361. The van der Waals surface area contributed by atoms with Crippen molar-refractivity contribution in [2.75, 3.05) is 5.88 Å². The fraction of sp³-hybridized carbons (Fsp3) is 0.286. The zero-order valence-electron chi connectivity index (χ0n) is 9.32. The number of alkyl halides is 1. The standard InChI is InChI=1S/C14H15ClO/c1-11-2-4-13(5-3-11)14(9-15)8-12-6-7-16-10-12/h2-7,10,14H,8-9H2,1H3. The molecular weight excluding hydrogens is 220 g/mol. The summed E-state index contributed by atoms with van der Waals surface area (Å²) >= 11 is 6.03. The van der Waals surface area contributed by atoms with Crippen LogP contribution in [-0.4, -0.2) is 5.88 Å². The van der Waals surface area contributed by atoms with E-state index < -0.39 is 0 Å². The summed E-state index contributed by atoms with van der Waals surface area (Å²) in [6.45, 7) is 2.09. The predicted molar refractivity (Wildman–Crippen MR) is 67.1 cm³/mol. The van der Waals surface area contributed by atoms with Crippen LogP contribution < -0.4 is 0 Å². The first-order valence-corrected chi connectivity index (χ1v) is 5.96. The molecule has 2 aromatic rings. The van der Waals surface area contributed by atoms with Crippen molar-refractivity contribution in [1.29, 1.82) is 0 Å². The molecule has 1 aromatic carbocycles. The second-order valence-corrected chi connectivity index (χ2v) is 4.41. The topological polar surface area (TPSA) is 13.1 Å². The fourth-order valence-electron chi connectivity index (χ4n) is 1.79. The van der Waals surface area contributed by atoms with Gasteiger partial charge in [0.1, 0.15) is 0 Å². The number of aryl methyl sites for hydroxylation is 1. The fourth-order valence-corrected chi connectivity index (χ4v) is 2.08. The average molecular weight is 235 g/mol. The van der Waals surface area contributed by atoms with Crippen LogP contribution in [-0.2, 0) is 6.42 Å². The van der Waals surface area contributed by atoms with E-state index in [-0.39, 0.29) is 0 Å². The lowest BCUT2D eigenvalue weighted by molar-refractivity contribution is 0.562. The summed E-state index contributed by atoms with van der Waals surface area (Å²) in [6, 6.07) is 10.6. The Morgan fingerprint density at radius 1 is 1.19 bits per heavy atom. The Kier molecular flexibility index (Phi) is 3.68. The van der Waals surface area contributed by atoms with Crippen molar-refractivity contribution < 1.29 is 4.42 Å². The van der Waals surface area contributed by atoms with Crippen LogP contribution >= 0.6 is 11.6 Å². The normalized spacial score (nSPS) is 12.6. The first kappa shape index (κ1) is 11.3. The second kappa shape index (κ2) is 5.22. The molecule has 0 aliphatic rings. The number of hydrogen-bond donors (Lipinski definition) is 0. The Bertz CT molecular complexity index is 417. The van der Waals surface area contributed by atoms with Gasteiger partial charge in [-0.25, -0.2) is 0 Å². The van der Waals surface area contributed by atoms with E-state index in [4.69, 9.17) is 16.0 Å². The summed E-state index contributed by atoms with van der Waals surface area (Å²) in [7, 11) is 0. The van der Waals surface area contributed by atoms with Crippen LogP contribution in [0, 0.1) is 6.92 Å². The Labute approximate surface area is 101 Å². The number of rotatable bonds is 4. The Morgan fingerprint density at radius 3 is 2.50 bits per heavy atom. The van der Waals surface area contributed by atoms with Crippen molar-refractivity contribution in [1.82, 2.24) is 0 Å². The van der Waals surface area contributed by atoms with E-state index in [1.54, 1.807) is 12.5 Å². The van der Waals surface area contributed by atoms with E-state index >= 15 is 0 Å². The Hall–Kier alpha value is -1.21. The zero-order chi connectivity index (χ0) is 11.4. The molecule has 2 heteroatoms. The molecule has 1 heterocycles. The summed E-state index contributed by atoms with van der Waals surface area (Å²) in [5.74, 6) is 0.994. The van der Waals surface area contributed by atoms with E-state index in [2.05, 4.69) is 31.2 Å². The van der Waals surface area contributed by atoms with Crippen molar-refractivity contribution in [2.24, 2.45) is 0 Å². The summed E-state index contributed by atoms with van der Waals surface area (Å²) < 4.78 is 5.07. The van der Waals surface area contributed by atoms with Gasteiger partial charge in [0.25, 0.3) is 0 Å². The molecule has 0 radical (unpaired) electrons. The van der Waals surface area contributed by atoms with Gasteiger partial charge in [-0.2, -0.15) is 0 Å². The molecule has 0 bridgehead atoms. The van der Waals surface area contributed by atoms with E-state index in [1.165, 1.54) is 16.7 Å². The second-order valence-electron chi connectivity index (χ2n) is 4.10. The number of halogens is 1. The van der Waals surface area contributed by atoms with Crippen molar-refractivity contribution in [3.63, 3.8) is 0 Å². The zero-order valence-corrected chi connectivity index (χ0v) is 10.1. The molecule has 1 unspecified atom stereocenters. The number of hydrogen-bond acceptors (Lipinski definition) is 1. The maximum absolute atomic E-state index is 6.03. The molecule has 84 valence electrons. The largest absolute Gasteiger partial charge is 0.472 e. The highest BCUT2D eigenvalue weighted by molar-refractivity contribution is 6.18. The van der Waals surface area contributed by atoms with Crippen molar-refractivity contribution >= 4 is 11.6 Å². The van der Waals surface area contributed by atoms with Gasteiger partial charge in [-0.3, -0.25) is 0 Å². The van der Waals surface area contributed by atoms with Gasteiger partial charge in [0, 0.05) is 11.8 Å². The van der Waals surface area contributed by atoms with Gasteiger partial charge in [-0.1, -0.05) is 29.8 Å². The first-order valence-electron chi connectivity index (χ1n) is 5.43. The molecule has 0 saturated heterocycles. The highest BCUT2D eigenvalue weighted by atomic mass is 35.5. The summed E-state index contributed by atoms with van der Waals surface area (Å²) in [4.78, 5) is 0. The molecule has 1 aromatic heterocycles. The molecule has 2 rings (SSSR count). The quantitative estimate of drug-likeness (QED) is 0.725. The van der Waals surface area contributed by atoms with E-state index in [9.17, 15) is 0 Å². The predicted octanol–water partition coefficient (Wildman–Crippen LogP) is 4.15.